The Morgan fingerprint density at radius 3 is 2.28 bits per heavy atom. The number of hydrogen-bond donors (Lipinski definition) is 1. The fourth-order valence-electron chi connectivity index (χ4n) is 8.43. The summed E-state index contributed by atoms with van der Waals surface area (Å²) in [6, 6.07) is 0.711. The molecule has 4 fully saturated rings. The van der Waals surface area contributed by atoms with Gasteiger partial charge in [-0.2, -0.15) is 0 Å². The molecule has 0 aromatic rings. The van der Waals surface area contributed by atoms with Crippen molar-refractivity contribution in [3.05, 3.63) is 0 Å². The lowest BCUT2D eigenvalue weighted by atomic mass is 9.44. The molecule has 4 rings (SSSR count). The molecule has 0 radical (unpaired) electrons. The Morgan fingerprint density at radius 2 is 1.56 bits per heavy atom. The van der Waals surface area contributed by atoms with Crippen LogP contribution in [0.15, 0.2) is 0 Å². The molecular formula is C23H41NO. The first kappa shape index (κ1) is 18.3. The highest BCUT2D eigenvalue weighted by molar-refractivity contribution is 5.10. The van der Waals surface area contributed by atoms with Crippen LogP contribution in [-0.2, 0) is 0 Å². The molecular weight excluding hydrogens is 306 g/mol. The maximum absolute atomic E-state index is 10.2. The molecule has 1 N–H and O–H groups in total. The Kier molecular flexibility index (Phi) is 4.56. The van der Waals surface area contributed by atoms with Gasteiger partial charge in [0.2, 0.25) is 0 Å². The minimum Gasteiger partial charge on any atom is -0.393 e. The van der Waals surface area contributed by atoms with Gasteiger partial charge in [0.25, 0.3) is 0 Å². The van der Waals surface area contributed by atoms with E-state index in [0.717, 1.165) is 42.4 Å². The minimum absolute atomic E-state index is 0.0136. The summed E-state index contributed by atoms with van der Waals surface area (Å²) < 4.78 is 0. The predicted octanol–water partition coefficient (Wildman–Crippen LogP) is 4.96. The van der Waals surface area contributed by atoms with Crippen LogP contribution >= 0.6 is 0 Å². The van der Waals surface area contributed by atoms with Crippen LogP contribution in [0, 0.1) is 40.4 Å². The third kappa shape index (κ3) is 2.64. The molecule has 0 saturated heterocycles. The fourth-order valence-corrected chi connectivity index (χ4v) is 8.43. The van der Waals surface area contributed by atoms with Crippen molar-refractivity contribution in [2.24, 2.45) is 40.4 Å². The second-order valence-electron chi connectivity index (χ2n) is 11.0. The molecule has 9 atom stereocenters. The molecule has 4 saturated carbocycles. The van der Waals surface area contributed by atoms with E-state index in [-0.39, 0.29) is 6.10 Å². The van der Waals surface area contributed by atoms with Crippen LogP contribution in [-0.4, -0.2) is 36.2 Å². The summed E-state index contributed by atoms with van der Waals surface area (Å²) in [4.78, 5) is 2.46. The average molecular weight is 348 g/mol. The van der Waals surface area contributed by atoms with Gasteiger partial charge >= 0.3 is 0 Å². The zero-order valence-corrected chi connectivity index (χ0v) is 17.3. The first-order valence-corrected chi connectivity index (χ1v) is 11.1. The van der Waals surface area contributed by atoms with Gasteiger partial charge in [-0.1, -0.05) is 13.8 Å². The molecule has 0 amide bonds. The van der Waals surface area contributed by atoms with Crippen LogP contribution < -0.4 is 0 Å². The van der Waals surface area contributed by atoms with E-state index in [1.54, 1.807) is 0 Å². The smallest absolute Gasteiger partial charge is 0.0543 e. The van der Waals surface area contributed by atoms with Crippen molar-refractivity contribution in [3.63, 3.8) is 0 Å². The molecule has 0 unspecified atom stereocenters. The van der Waals surface area contributed by atoms with E-state index >= 15 is 0 Å². The second-order valence-corrected chi connectivity index (χ2v) is 11.0. The van der Waals surface area contributed by atoms with Crippen LogP contribution in [0.3, 0.4) is 0 Å². The Balaban J connectivity index is 1.58. The Hall–Kier alpha value is -0.0800. The van der Waals surface area contributed by atoms with E-state index in [1.807, 2.05) is 0 Å². The van der Waals surface area contributed by atoms with E-state index in [0.29, 0.717) is 16.9 Å². The summed E-state index contributed by atoms with van der Waals surface area (Å²) in [5.41, 5.74) is 1.09. The lowest BCUT2D eigenvalue weighted by molar-refractivity contribution is -0.129. The zero-order valence-electron chi connectivity index (χ0n) is 17.3. The Labute approximate surface area is 155 Å². The maximum Gasteiger partial charge on any atom is 0.0543 e. The summed E-state index contributed by atoms with van der Waals surface area (Å²) in [6.45, 7) is 7.73. The van der Waals surface area contributed by atoms with Crippen LogP contribution in [0.25, 0.3) is 0 Å². The summed E-state index contributed by atoms with van der Waals surface area (Å²) in [7, 11) is 4.54. The Morgan fingerprint density at radius 1 is 0.880 bits per heavy atom. The number of aliphatic hydroxyl groups excluding tert-OH is 1. The third-order valence-electron chi connectivity index (χ3n) is 10.1. The summed E-state index contributed by atoms with van der Waals surface area (Å²) in [5.74, 6) is 4.54. The van der Waals surface area contributed by atoms with E-state index in [1.165, 1.54) is 44.9 Å². The topological polar surface area (TPSA) is 23.5 Å². The molecule has 0 aromatic heterocycles. The monoisotopic (exact) mass is 347 g/mol. The number of aliphatic hydroxyl groups is 1. The first-order valence-electron chi connectivity index (χ1n) is 11.1. The average Bonchev–Trinajstić information content (AvgIpc) is 2.92. The normalized spacial score (nSPS) is 53.9. The number of fused-ring (bicyclic) bond motifs is 5. The second kappa shape index (κ2) is 6.23. The highest BCUT2D eigenvalue weighted by Gasteiger charge is 2.60. The molecule has 0 bridgehead atoms. The van der Waals surface area contributed by atoms with Crippen molar-refractivity contribution in [1.82, 2.24) is 4.90 Å². The van der Waals surface area contributed by atoms with Crippen molar-refractivity contribution >= 4 is 0 Å². The molecule has 0 aromatic carbocycles. The van der Waals surface area contributed by atoms with Gasteiger partial charge in [0.1, 0.15) is 0 Å². The number of nitrogens with zero attached hydrogens (tertiary/aromatic N) is 1. The van der Waals surface area contributed by atoms with Crippen molar-refractivity contribution in [2.75, 3.05) is 14.1 Å². The molecule has 4 aliphatic carbocycles. The van der Waals surface area contributed by atoms with Crippen molar-refractivity contribution in [1.29, 1.82) is 0 Å². The summed E-state index contributed by atoms with van der Waals surface area (Å²) in [5, 5.41) is 10.2. The van der Waals surface area contributed by atoms with Gasteiger partial charge in [-0.3, -0.25) is 0 Å². The van der Waals surface area contributed by atoms with Gasteiger partial charge < -0.3 is 10.0 Å². The molecule has 144 valence electrons. The van der Waals surface area contributed by atoms with Crippen molar-refractivity contribution in [3.8, 4) is 0 Å². The van der Waals surface area contributed by atoms with Gasteiger partial charge in [-0.25, -0.2) is 0 Å². The van der Waals surface area contributed by atoms with E-state index in [2.05, 4.69) is 39.8 Å². The SMILES string of the molecule is C[C@H]([C@H]1CC[C@H]2[C@@H]3CC[C@H]4C[C@H](O)CC[C@@]4(C)[C@@H]3CC[C@]12C)N(C)C. The van der Waals surface area contributed by atoms with Gasteiger partial charge in [0, 0.05) is 6.04 Å². The van der Waals surface area contributed by atoms with Crippen LogP contribution in [0.2, 0.25) is 0 Å². The Bertz CT molecular complexity index is 504. The molecule has 4 aliphatic rings. The van der Waals surface area contributed by atoms with Crippen molar-refractivity contribution < 1.29 is 5.11 Å². The molecule has 0 heterocycles. The lowest BCUT2D eigenvalue weighted by Gasteiger charge is -2.61. The third-order valence-corrected chi connectivity index (χ3v) is 10.1. The first-order chi connectivity index (χ1) is 11.8. The van der Waals surface area contributed by atoms with E-state index in [9.17, 15) is 5.11 Å². The van der Waals surface area contributed by atoms with Gasteiger partial charge in [0.05, 0.1) is 6.10 Å². The maximum atomic E-state index is 10.2. The van der Waals surface area contributed by atoms with Gasteiger partial charge in [0.15, 0.2) is 0 Å². The largest absolute Gasteiger partial charge is 0.393 e. The van der Waals surface area contributed by atoms with Crippen LogP contribution in [0.4, 0.5) is 0 Å². The number of hydrogen-bond acceptors (Lipinski definition) is 2. The van der Waals surface area contributed by atoms with E-state index < -0.39 is 0 Å². The predicted molar refractivity (Wildman–Crippen MR) is 104 cm³/mol. The highest BCUT2D eigenvalue weighted by Crippen LogP contribution is 2.67. The molecule has 25 heavy (non-hydrogen) atoms. The standard InChI is InChI=1S/C23H41NO/c1-15(24(4)5)19-8-9-20-18-7-6-16-14-17(25)10-12-22(16,2)21(18)11-13-23(19,20)3/h15-21,25H,6-14H2,1-5H3/t15-,16+,17-,18+,19-,20+,21-,22-,23-/m1/s1. The summed E-state index contributed by atoms with van der Waals surface area (Å²) in [6.07, 6.45) is 12.1. The zero-order chi connectivity index (χ0) is 18.0. The molecule has 2 nitrogen and oxygen atoms in total. The highest BCUT2D eigenvalue weighted by atomic mass is 16.3. The number of rotatable bonds is 2. The van der Waals surface area contributed by atoms with Gasteiger partial charge in [-0.05, 0) is 119 Å². The van der Waals surface area contributed by atoms with Crippen LogP contribution in [0.1, 0.15) is 78.6 Å². The van der Waals surface area contributed by atoms with Crippen molar-refractivity contribution in [2.45, 2.75) is 90.7 Å². The lowest BCUT2D eigenvalue weighted by Crippen LogP contribution is -2.55. The fraction of sp³-hybridized carbons (Fsp3) is 1.00. The van der Waals surface area contributed by atoms with Crippen LogP contribution in [0.5, 0.6) is 0 Å². The van der Waals surface area contributed by atoms with E-state index in [4.69, 9.17) is 0 Å². The summed E-state index contributed by atoms with van der Waals surface area (Å²) >= 11 is 0. The molecule has 0 aliphatic heterocycles. The van der Waals surface area contributed by atoms with Gasteiger partial charge in [-0.15, -0.1) is 0 Å². The minimum atomic E-state index is -0.0136. The molecule has 0 spiro atoms. The quantitative estimate of drug-likeness (QED) is 0.763. The molecule has 2 heteroatoms.